The van der Waals surface area contributed by atoms with E-state index in [1.165, 1.54) is 29.7 Å². The molecule has 0 atom stereocenters. The van der Waals surface area contributed by atoms with Gasteiger partial charge in [-0.1, -0.05) is 0 Å². The predicted octanol–water partition coefficient (Wildman–Crippen LogP) is 1.55. The molecule has 2 heteroatoms. The molecule has 23 valence electrons. The number of hydrogen-bond acceptors (Lipinski definition) is 0. The van der Waals surface area contributed by atoms with Crippen LogP contribution in [-0.4, -0.2) is 0 Å². The molecule has 0 heterocycles. The molecule has 0 aromatic carbocycles. The third-order valence-electron chi connectivity index (χ3n) is 0. The molecular formula is C2H6BrCd. The molecule has 0 nitrogen and oxygen atoms in total. The first-order valence-electron chi connectivity index (χ1n) is 1.21. The first-order chi connectivity index (χ1) is 1.41. The summed E-state index contributed by atoms with van der Waals surface area (Å²) >= 11 is 1.20. The van der Waals surface area contributed by atoms with Crippen LogP contribution >= 0.6 is 17.0 Å². The molecule has 0 rings (SSSR count). The molecule has 0 unspecified atom stereocenters. The van der Waals surface area contributed by atoms with E-state index >= 15 is 0 Å². The molecule has 0 saturated heterocycles. The van der Waals surface area contributed by atoms with Crippen molar-refractivity contribution in [3.63, 3.8) is 0 Å². The van der Waals surface area contributed by atoms with Crippen LogP contribution in [0.1, 0.15) is 6.92 Å². The van der Waals surface area contributed by atoms with Gasteiger partial charge in [0.25, 0.3) is 0 Å². The molecular weight excluding hydrogens is 216 g/mol. The third kappa shape index (κ3) is 9.99. The minimum atomic E-state index is 0. The zero-order valence-electron chi connectivity index (χ0n) is 2.82. The predicted molar refractivity (Wildman–Crippen MR) is 20.8 cm³/mol. The van der Waals surface area contributed by atoms with Crippen molar-refractivity contribution in [2.75, 3.05) is 0 Å². The summed E-state index contributed by atoms with van der Waals surface area (Å²) in [6, 6.07) is 0. The molecule has 0 saturated carbocycles. The summed E-state index contributed by atoms with van der Waals surface area (Å²) < 4.78 is 1.42. The van der Waals surface area contributed by atoms with Crippen molar-refractivity contribution in [3.05, 3.63) is 0 Å². The van der Waals surface area contributed by atoms with Gasteiger partial charge in [0, 0.05) is 0 Å². The summed E-state index contributed by atoms with van der Waals surface area (Å²) in [4.78, 5) is 0. The molecule has 0 radical (unpaired) electrons. The van der Waals surface area contributed by atoms with E-state index in [4.69, 9.17) is 0 Å². The van der Waals surface area contributed by atoms with Gasteiger partial charge in [-0.15, -0.1) is 17.0 Å². The van der Waals surface area contributed by atoms with Gasteiger partial charge in [-0.2, -0.15) is 0 Å². The van der Waals surface area contributed by atoms with E-state index in [1.54, 1.807) is 0 Å². The van der Waals surface area contributed by atoms with E-state index in [1.807, 2.05) is 0 Å². The van der Waals surface area contributed by atoms with E-state index in [0.717, 1.165) is 0 Å². The van der Waals surface area contributed by atoms with E-state index in [0.29, 0.717) is 0 Å². The van der Waals surface area contributed by atoms with Crippen LogP contribution in [0, 0.1) is 0 Å². The first-order valence-corrected chi connectivity index (χ1v) is 4.06. The normalized spacial score (nSPS) is 4.75. The average molecular weight is 222 g/mol. The van der Waals surface area contributed by atoms with Crippen LogP contribution in [0.2, 0.25) is 3.98 Å². The summed E-state index contributed by atoms with van der Waals surface area (Å²) in [6.45, 7) is 2.20. The van der Waals surface area contributed by atoms with Crippen molar-refractivity contribution < 1.29 is 25.8 Å². The van der Waals surface area contributed by atoms with Gasteiger partial charge >= 0.3 is 36.7 Å². The molecule has 0 amide bonds. The van der Waals surface area contributed by atoms with Gasteiger partial charge in [0.05, 0.1) is 0 Å². The Hall–Kier alpha value is 1.40. The van der Waals surface area contributed by atoms with Crippen LogP contribution in [-0.2, 0) is 25.8 Å². The molecule has 0 aromatic rings. The standard InChI is InChI=1S/C2H5.BrH.Cd/c1-2;;/h1H2,2H3;1H;. The average Bonchev–Trinajstić information content (AvgIpc) is 0.918. The molecule has 0 spiro atoms. The zero-order valence-corrected chi connectivity index (χ0v) is 8.57. The summed E-state index contributed by atoms with van der Waals surface area (Å²) in [5, 5.41) is 0. The second kappa shape index (κ2) is 8.83. The van der Waals surface area contributed by atoms with E-state index < -0.39 is 0 Å². The van der Waals surface area contributed by atoms with Crippen LogP contribution in [0.25, 0.3) is 0 Å². The first kappa shape index (κ1) is 9.04. The van der Waals surface area contributed by atoms with Crippen molar-refractivity contribution in [2.45, 2.75) is 10.9 Å². The van der Waals surface area contributed by atoms with Crippen LogP contribution in [0.3, 0.4) is 0 Å². The fourth-order valence-corrected chi connectivity index (χ4v) is 0. The molecule has 0 aromatic heterocycles. The maximum atomic E-state index is 2.20. The van der Waals surface area contributed by atoms with E-state index in [9.17, 15) is 0 Å². The number of hydrogen-bond donors (Lipinski definition) is 0. The van der Waals surface area contributed by atoms with Crippen molar-refractivity contribution in [2.24, 2.45) is 0 Å². The SMILES string of the molecule is Br.C[CH2][Cd]. The van der Waals surface area contributed by atoms with Gasteiger partial charge in [0.2, 0.25) is 0 Å². The van der Waals surface area contributed by atoms with Gasteiger partial charge in [-0.25, -0.2) is 0 Å². The van der Waals surface area contributed by atoms with Crippen molar-refractivity contribution >= 4 is 17.0 Å². The van der Waals surface area contributed by atoms with Gasteiger partial charge in [0.15, 0.2) is 0 Å². The summed E-state index contributed by atoms with van der Waals surface area (Å²) in [7, 11) is 0. The topological polar surface area (TPSA) is 0 Å². The fraction of sp³-hybridized carbons (Fsp3) is 1.00. The molecule has 0 aliphatic heterocycles. The van der Waals surface area contributed by atoms with E-state index in [2.05, 4.69) is 6.92 Å². The van der Waals surface area contributed by atoms with Crippen molar-refractivity contribution in [1.82, 2.24) is 0 Å². The molecule has 4 heavy (non-hydrogen) atoms. The van der Waals surface area contributed by atoms with Crippen LogP contribution < -0.4 is 0 Å². The Bertz CT molecular complexity index is 6.00. The second-order valence-electron chi connectivity index (χ2n) is 0.500. The third-order valence-corrected chi connectivity index (χ3v) is 0. The molecule has 0 aliphatic rings. The summed E-state index contributed by atoms with van der Waals surface area (Å²) in [5.74, 6) is 0. The van der Waals surface area contributed by atoms with Gasteiger partial charge in [-0.05, 0) is 0 Å². The van der Waals surface area contributed by atoms with Crippen molar-refractivity contribution in [3.8, 4) is 0 Å². The fourth-order valence-electron chi connectivity index (χ4n) is 0. The number of rotatable bonds is 0. The van der Waals surface area contributed by atoms with Crippen molar-refractivity contribution in [1.29, 1.82) is 0 Å². The Morgan fingerprint density at radius 3 is 1.75 bits per heavy atom. The zero-order chi connectivity index (χ0) is 2.71. The quantitative estimate of drug-likeness (QED) is 0.546. The minimum absolute atomic E-state index is 0. The Labute approximate surface area is 53.4 Å². The monoisotopic (exact) mass is 223 g/mol. The summed E-state index contributed by atoms with van der Waals surface area (Å²) in [5.41, 5.74) is 0. The van der Waals surface area contributed by atoms with Crippen LogP contribution in [0.5, 0.6) is 0 Å². The Morgan fingerprint density at radius 1 is 1.75 bits per heavy atom. The molecule has 0 N–H and O–H groups in total. The Morgan fingerprint density at radius 2 is 1.75 bits per heavy atom. The van der Waals surface area contributed by atoms with Gasteiger partial charge in [-0.3, -0.25) is 0 Å². The molecule has 0 fully saturated rings. The van der Waals surface area contributed by atoms with Gasteiger partial charge in [0.1, 0.15) is 0 Å². The van der Waals surface area contributed by atoms with Crippen LogP contribution in [0.4, 0.5) is 0 Å². The Balaban J connectivity index is 0. The molecule has 0 bridgehead atoms. The molecule has 0 aliphatic carbocycles. The Kier molecular flexibility index (Phi) is 20.0. The maximum absolute atomic E-state index is 2.20. The van der Waals surface area contributed by atoms with E-state index in [-0.39, 0.29) is 17.0 Å². The van der Waals surface area contributed by atoms with Crippen LogP contribution in [0.15, 0.2) is 0 Å². The second-order valence-corrected chi connectivity index (χ2v) is 3.35. The van der Waals surface area contributed by atoms with Gasteiger partial charge < -0.3 is 0 Å². The number of halogens is 1. The summed E-state index contributed by atoms with van der Waals surface area (Å²) in [6.07, 6.45) is 0.